The average Bonchev–Trinajstić information content (AvgIpc) is 3.27. The molecule has 0 aliphatic heterocycles. The minimum Gasteiger partial charge on any atom is -0.497 e. The summed E-state index contributed by atoms with van der Waals surface area (Å²) in [4.78, 5) is 12.6. The molecular formula is C29H33NO4. The molecule has 0 radical (unpaired) electrons. The van der Waals surface area contributed by atoms with Crippen LogP contribution in [0, 0.1) is 0 Å². The van der Waals surface area contributed by atoms with E-state index in [1.165, 1.54) is 18.4 Å². The van der Waals surface area contributed by atoms with Gasteiger partial charge >= 0.3 is 0 Å². The van der Waals surface area contributed by atoms with Gasteiger partial charge in [-0.15, -0.1) is 0 Å². The van der Waals surface area contributed by atoms with Crippen LogP contribution in [0.15, 0.2) is 64.8 Å². The van der Waals surface area contributed by atoms with Crippen LogP contribution in [0.3, 0.4) is 0 Å². The highest BCUT2D eigenvalue weighted by atomic mass is 16.5. The molecule has 1 heterocycles. The molecule has 34 heavy (non-hydrogen) atoms. The molecule has 1 aliphatic carbocycles. The van der Waals surface area contributed by atoms with Crippen LogP contribution >= 0.6 is 0 Å². The second kappa shape index (κ2) is 11.1. The zero-order valence-corrected chi connectivity index (χ0v) is 20.3. The number of carbonyl (C=O) groups is 1. The molecule has 178 valence electrons. The lowest BCUT2D eigenvalue weighted by Crippen LogP contribution is -2.23. The second-order valence-corrected chi connectivity index (χ2v) is 8.64. The minimum atomic E-state index is -0.0864. The van der Waals surface area contributed by atoms with Crippen molar-refractivity contribution in [2.24, 2.45) is 0 Å². The van der Waals surface area contributed by atoms with Crippen molar-refractivity contribution in [1.82, 2.24) is 5.32 Å². The highest BCUT2D eigenvalue weighted by Crippen LogP contribution is 2.38. The third kappa shape index (κ3) is 5.53. The molecule has 0 atom stereocenters. The maximum atomic E-state index is 12.6. The van der Waals surface area contributed by atoms with Crippen molar-refractivity contribution < 1.29 is 18.7 Å². The first kappa shape index (κ1) is 23.7. The van der Waals surface area contributed by atoms with Crippen molar-refractivity contribution in [2.45, 2.75) is 46.0 Å². The number of benzene rings is 2. The number of allylic oxidation sites excluding steroid dienone is 2. The van der Waals surface area contributed by atoms with E-state index in [2.05, 4.69) is 11.4 Å². The molecule has 0 saturated heterocycles. The molecule has 0 unspecified atom stereocenters. The smallest absolute Gasteiger partial charge is 0.244 e. The summed E-state index contributed by atoms with van der Waals surface area (Å²) in [6.07, 6.45) is 11.5. The molecule has 5 heteroatoms. The number of hydrogen-bond acceptors (Lipinski definition) is 4. The molecule has 0 saturated carbocycles. The first-order valence-corrected chi connectivity index (χ1v) is 12.1. The Bertz CT molecular complexity index is 1220. The number of amides is 1. The summed E-state index contributed by atoms with van der Waals surface area (Å²) in [5.41, 5.74) is 5.90. The summed E-state index contributed by atoms with van der Waals surface area (Å²) >= 11 is 0. The van der Waals surface area contributed by atoms with E-state index >= 15 is 0 Å². The van der Waals surface area contributed by atoms with Gasteiger partial charge in [0.1, 0.15) is 17.1 Å². The summed E-state index contributed by atoms with van der Waals surface area (Å²) in [6, 6.07) is 11.8. The SMILES string of the molecule is CCOc1cc2occ(-c3cccc(OC)c3)c2cc1/C(C)=C/C(=O)NCCC1=CCCCC1. The number of furan rings is 1. The van der Waals surface area contributed by atoms with E-state index in [-0.39, 0.29) is 5.91 Å². The van der Waals surface area contributed by atoms with Crippen LogP contribution in [-0.4, -0.2) is 26.2 Å². The molecule has 0 bridgehead atoms. The van der Waals surface area contributed by atoms with Crippen LogP contribution in [0.5, 0.6) is 11.5 Å². The fourth-order valence-corrected chi connectivity index (χ4v) is 4.46. The second-order valence-electron chi connectivity index (χ2n) is 8.64. The average molecular weight is 460 g/mol. The van der Waals surface area contributed by atoms with Gasteiger partial charge in [-0.2, -0.15) is 0 Å². The van der Waals surface area contributed by atoms with Gasteiger partial charge in [0.15, 0.2) is 0 Å². The normalized spacial score (nSPS) is 14.1. The van der Waals surface area contributed by atoms with Gasteiger partial charge in [0.2, 0.25) is 5.91 Å². The van der Waals surface area contributed by atoms with Crippen molar-refractivity contribution >= 4 is 22.4 Å². The fourth-order valence-electron chi connectivity index (χ4n) is 4.46. The predicted molar refractivity (Wildman–Crippen MR) is 137 cm³/mol. The number of carbonyl (C=O) groups excluding carboxylic acids is 1. The lowest BCUT2D eigenvalue weighted by atomic mass is 9.97. The van der Waals surface area contributed by atoms with Gasteiger partial charge < -0.3 is 19.2 Å². The molecule has 0 fully saturated rings. The highest BCUT2D eigenvalue weighted by molar-refractivity contribution is 6.00. The lowest BCUT2D eigenvalue weighted by molar-refractivity contribution is -0.116. The van der Waals surface area contributed by atoms with Crippen LogP contribution in [0.4, 0.5) is 0 Å². The molecule has 1 aromatic heterocycles. The first-order valence-electron chi connectivity index (χ1n) is 12.1. The van der Waals surface area contributed by atoms with Crippen molar-refractivity contribution in [1.29, 1.82) is 0 Å². The minimum absolute atomic E-state index is 0.0864. The Kier molecular flexibility index (Phi) is 7.73. The Labute approximate surface area is 201 Å². The standard InChI is InChI=1S/C29H33NO4/c1-4-33-27-18-28-25(26(19-34-28)22-11-8-12-23(16-22)32-3)17-24(27)20(2)15-29(31)30-14-13-21-9-6-5-7-10-21/h8-9,11-12,15-19H,4-7,10,13-14H2,1-3H3,(H,30,31)/b20-15+. The van der Waals surface area contributed by atoms with Gasteiger partial charge in [-0.25, -0.2) is 0 Å². The van der Waals surface area contributed by atoms with Crippen molar-refractivity contribution in [3.05, 3.63) is 65.9 Å². The molecular weight excluding hydrogens is 426 g/mol. The predicted octanol–water partition coefficient (Wildman–Crippen LogP) is 6.92. The first-order chi connectivity index (χ1) is 16.6. The molecule has 5 nitrogen and oxygen atoms in total. The summed E-state index contributed by atoms with van der Waals surface area (Å²) < 4.78 is 17.2. The Hall–Kier alpha value is -3.47. The van der Waals surface area contributed by atoms with E-state index in [0.717, 1.165) is 58.2 Å². The summed E-state index contributed by atoms with van der Waals surface area (Å²) in [5.74, 6) is 1.40. The quantitative estimate of drug-likeness (QED) is 0.279. The lowest BCUT2D eigenvalue weighted by Gasteiger charge is -2.13. The molecule has 1 N–H and O–H groups in total. The van der Waals surface area contributed by atoms with Crippen LogP contribution in [0.25, 0.3) is 27.7 Å². The van der Waals surface area contributed by atoms with Crippen LogP contribution in [-0.2, 0) is 4.79 Å². The van der Waals surface area contributed by atoms with Gasteiger partial charge in [0.05, 0.1) is 20.0 Å². The molecule has 4 rings (SSSR count). The monoisotopic (exact) mass is 459 g/mol. The van der Waals surface area contributed by atoms with E-state index in [1.807, 2.05) is 50.2 Å². The maximum absolute atomic E-state index is 12.6. The van der Waals surface area contributed by atoms with Crippen molar-refractivity contribution in [2.75, 3.05) is 20.3 Å². The highest BCUT2D eigenvalue weighted by Gasteiger charge is 2.16. The maximum Gasteiger partial charge on any atom is 0.244 e. The van der Waals surface area contributed by atoms with Crippen LogP contribution in [0.1, 0.15) is 51.5 Å². The van der Waals surface area contributed by atoms with E-state index in [1.54, 1.807) is 19.4 Å². The molecule has 3 aromatic rings. The Morgan fingerprint density at radius 2 is 2.09 bits per heavy atom. The van der Waals surface area contributed by atoms with Gasteiger partial charge in [-0.05, 0) is 75.3 Å². The zero-order valence-electron chi connectivity index (χ0n) is 20.3. The number of fused-ring (bicyclic) bond motifs is 1. The summed E-state index contributed by atoms with van der Waals surface area (Å²) in [7, 11) is 1.66. The fraction of sp³-hybridized carbons (Fsp3) is 0.345. The third-order valence-electron chi connectivity index (χ3n) is 6.26. The van der Waals surface area contributed by atoms with Crippen molar-refractivity contribution in [3.63, 3.8) is 0 Å². The Balaban J connectivity index is 1.59. The number of methoxy groups -OCH3 is 1. The number of rotatable bonds is 9. The van der Waals surface area contributed by atoms with E-state index in [0.29, 0.717) is 18.9 Å². The van der Waals surface area contributed by atoms with Gasteiger partial charge in [-0.1, -0.05) is 23.8 Å². The van der Waals surface area contributed by atoms with E-state index < -0.39 is 0 Å². The molecule has 0 spiro atoms. The Morgan fingerprint density at radius 1 is 1.21 bits per heavy atom. The van der Waals surface area contributed by atoms with E-state index in [9.17, 15) is 4.79 Å². The number of nitrogens with one attached hydrogen (secondary N) is 1. The third-order valence-corrected chi connectivity index (χ3v) is 6.26. The number of ether oxygens (including phenoxy) is 2. The zero-order chi connectivity index (χ0) is 23.9. The summed E-state index contributed by atoms with van der Waals surface area (Å²) in [5, 5.41) is 4.00. The molecule has 1 amide bonds. The van der Waals surface area contributed by atoms with Gasteiger partial charge in [-0.3, -0.25) is 4.79 Å². The Morgan fingerprint density at radius 3 is 2.85 bits per heavy atom. The van der Waals surface area contributed by atoms with E-state index in [4.69, 9.17) is 13.9 Å². The van der Waals surface area contributed by atoms with Gasteiger partial charge in [0, 0.05) is 35.2 Å². The topological polar surface area (TPSA) is 60.7 Å². The van der Waals surface area contributed by atoms with Crippen LogP contribution < -0.4 is 14.8 Å². The summed E-state index contributed by atoms with van der Waals surface area (Å²) in [6.45, 7) is 5.08. The largest absolute Gasteiger partial charge is 0.497 e. The number of hydrogen-bond donors (Lipinski definition) is 1. The molecule has 2 aromatic carbocycles. The van der Waals surface area contributed by atoms with Crippen LogP contribution in [0.2, 0.25) is 0 Å². The van der Waals surface area contributed by atoms with Crippen molar-refractivity contribution in [3.8, 4) is 22.6 Å². The molecule has 1 aliphatic rings. The van der Waals surface area contributed by atoms with Gasteiger partial charge in [0.25, 0.3) is 0 Å².